The fourth-order valence-electron chi connectivity index (χ4n) is 2.32. The summed E-state index contributed by atoms with van der Waals surface area (Å²) < 4.78 is 18.1. The Kier molecular flexibility index (Phi) is 5.03. The summed E-state index contributed by atoms with van der Waals surface area (Å²) in [7, 11) is 1.59. The SMILES string of the molecule is COc1cccc(CC(=O)NCc2nc(-c3ccc(F)cc3)n[nH]2)c1. The molecule has 0 saturated heterocycles. The molecule has 0 bridgehead atoms. The maximum Gasteiger partial charge on any atom is 0.224 e. The van der Waals surface area contributed by atoms with E-state index in [9.17, 15) is 9.18 Å². The predicted molar refractivity (Wildman–Crippen MR) is 90.3 cm³/mol. The van der Waals surface area contributed by atoms with E-state index in [2.05, 4.69) is 20.5 Å². The van der Waals surface area contributed by atoms with Gasteiger partial charge in [0.25, 0.3) is 0 Å². The van der Waals surface area contributed by atoms with Gasteiger partial charge in [0.15, 0.2) is 5.82 Å². The van der Waals surface area contributed by atoms with E-state index in [1.54, 1.807) is 19.2 Å². The summed E-state index contributed by atoms with van der Waals surface area (Å²) in [5, 5.41) is 9.63. The van der Waals surface area contributed by atoms with Crippen molar-refractivity contribution in [3.8, 4) is 17.1 Å². The lowest BCUT2D eigenvalue weighted by Gasteiger charge is -2.05. The summed E-state index contributed by atoms with van der Waals surface area (Å²) in [6, 6.07) is 13.2. The highest BCUT2D eigenvalue weighted by Crippen LogP contribution is 2.15. The number of carbonyl (C=O) groups excluding carboxylic acids is 1. The number of hydrogen-bond acceptors (Lipinski definition) is 4. The standard InChI is InChI=1S/C18H17FN4O2/c1-25-15-4-2-3-12(9-15)10-17(24)20-11-16-21-18(23-22-16)13-5-7-14(19)8-6-13/h2-9H,10-11H2,1H3,(H,20,24)(H,21,22,23). The molecule has 1 aromatic heterocycles. The van der Waals surface area contributed by atoms with Crippen molar-refractivity contribution in [2.24, 2.45) is 0 Å². The van der Waals surface area contributed by atoms with E-state index in [0.29, 0.717) is 23.0 Å². The van der Waals surface area contributed by atoms with Crippen molar-refractivity contribution in [2.75, 3.05) is 7.11 Å². The molecule has 0 aliphatic rings. The zero-order valence-corrected chi connectivity index (χ0v) is 13.6. The molecule has 1 heterocycles. The number of nitrogens with zero attached hydrogens (tertiary/aromatic N) is 2. The second-order valence-corrected chi connectivity index (χ2v) is 5.42. The lowest BCUT2D eigenvalue weighted by atomic mass is 10.1. The van der Waals surface area contributed by atoms with Gasteiger partial charge in [0.1, 0.15) is 17.4 Å². The topological polar surface area (TPSA) is 79.9 Å². The quantitative estimate of drug-likeness (QED) is 0.722. The van der Waals surface area contributed by atoms with E-state index in [0.717, 1.165) is 5.56 Å². The number of ether oxygens (including phenoxy) is 1. The number of benzene rings is 2. The summed E-state index contributed by atoms with van der Waals surface area (Å²) in [4.78, 5) is 16.3. The molecule has 0 atom stereocenters. The molecule has 3 rings (SSSR count). The van der Waals surface area contributed by atoms with Crippen LogP contribution in [-0.2, 0) is 17.8 Å². The van der Waals surface area contributed by atoms with Crippen LogP contribution in [0.25, 0.3) is 11.4 Å². The summed E-state index contributed by atoms with van der Waals surface area (Å²) >= 11 is 0. The molecule has 0 radical (unpaired) electrons. The first kappa shape index (κ1) is 16.6. The normalized spacial score (nSPS) is 10.5. The first-order chi connectivity index (χ1) is 12.1. The zero-order chi connectivity index (χ0) is 17.6. The van der Waals surface area contributed by atoms with E-state index >= 15 is 0 Å². The highest BCUT2D eigenvalue weighted by atomic mass is 19.1. The Hall–Kier alpha value is -3.22. The Bertz CT molecular complexity index is 862. The van der Waals surface area contributed by atoms with Gasteiger partial charge in [-0.05, 0) is 42.0 Å². The van der Waals surface area contributed by atoms with E-state index in [4.69, 9.17) is 4.74 Å². The first-order valence-electron chi connectivity index (χ1n) is 7.71. The maximum atomic E-state index is 12.9. The molecule has 1 amide bonds. The van der Waals surface area contributed by atoms with Crippen LogP contribution in [-0.4, -0.2) is 28.2 Å². The lowest BCUT2D eigenvalue weighted by molar-refractivity contribution is -0.120. The molecular weight excluding hydrogens is 323 g/mol. The molecule has 7 heteroatoms. The molecule has 0 aliphatic heterocycles. The van der Waals surface area contributed by atoms with Gasteiger partial charge >= 0.3 is 0 Å². The molecule has 2 aromatic carbocycles. The Morgan fingerprint density at radius 1 is 1.24 bits per heavy atom. The molecule has 3 aromatic rings. The van der Waals surface area contributed by atoms with Crippen LogP contribution in [0.2, 0.25) is 0 Å². The number of hydrogen-bond donors (Lipinski definition) is 2. The van der Waals surface area contributed by atoms with Gasteiger partial charge in [-0.2, -0.15) is 5.10 Å². The molecule has 2 N–H and O–H groups in total. The zero-order valence-electron chi connectivity index (χ0n) is 13.6. The molecule has 6 nitrogen and oxygen atoms in total. The number of aromatic nitrogens is 3. The number of nitrogens with one attached hydrogen (secondary N) is 2. The Labute approximate surface area is 144 Å². The molecule has 25 heavy (non-hydrogen) atoms. The minimum absolute atomic E-state index is 0.131. The fourth-order valence-corrected chi connectivity index (χ4v) is 2.32. The first-order valence-corrected chi connectivity index (χ1v) is 7.71. The van der Waals surface area contributed by atoms with Crippen LogP contribution in [0.4, 0.5) is 4.39 Å². The van der Waals surface area contributed by atoms with Gasteiger partial charge in [0.2, 0.25) is 5.91 Å². The van der Waals surface area contributed by atoms with Gasteiger partial charge < -0.3 is 10.1 Å². The Morgan fingerprint density at radius 2 is 2.04 bits per heavy atom. The second-order valence-electron chi connectivity index (χ2n) is 5.42. The van der Waals surface area contributed by atoms with Crippen LogP contribution in [0.1, 0.15) is 11.4 Å². The fraction of sp³-hybridized carbons (Fsp3) is 0.167. The van der Waals surface area contributed by atoms with E-state index in [-0.39, 0.29) is 24.7 Å². The van der Waals surface area contributed by atoms with Crippen molar-refractivity contribution in [2.45, 2.75) is 13.0 Å². The van der Waals surface area contributed by atoms with Crippen LogP contribution < -0.4 is 10.1 Å². The second kappa shape index (κ2) is 7.57. The van der Waals surface area contributed by atoms with Crippen molar-refractivity contribution in [3.05, 3.63) is 65.7 Å². The number of H-pyrrole nitrogens is 1. The van der Waals surface area contributed by atoms with Gasteiger partial charge in [0, 0.05) is 5.56 Å². The number of methoxy groups -OCH3 is 1. The monoisotopic (exact) mass is 340 g/mol. The van der Waals surface area contributed by atoms with E-state index < -0.39 is 0 Å². The van der Waals surface area contributed by atoms with Gasteiger partial charge in [-0.3, -0.25) is 9.89 Å². The van der Waals surface area contributed by atoms with Crippen LogP contribution in [0.5, 0.6) is 5.75 Å². The minimum atomic E-state index is -0.315. The highest BCUT2D eigenvalue weighted by molar-refractivity contribution is 5.78. The third-order valence-electron chi connectivity index (χ3n) is 3.59. The average Bonchev–Trinajstić information content (AvgIpc) is 3.10. The van der Waals surface area contributed by atoms with E-state index in [1.807, 2.05) is 24.3 Å². The number of carbonyl (C=O) groups is 1. The number of aromatic amines is 1. The summed E-state index contributed by atoms with van der Waals surface area (Å²) in [5.74, 6) is 1.25. The number of rotatable bonds is 6. The van der Waals surface area contributed by atoms with E-state index in [1.165, 1.54) is 12.1 Å². The van der Waals surface area contributed by atoms with Gasteiger partial charge in [-0.1, -0.05) is 12.1 Å². The molecule has 0 spiro atoms. The molecule has 0 unspecified atom stereocenters. The van der Waals surface area contributed by atoms with Crippen molar-refractivity contribution < 1.29 is 13.9 Å². The van der Waals surface area contributed by atoms with Crippen molar-refractivity contribution in [1.29, 1.82) is 0 Å². The maximum absolute atomic E-state index is 12.9. The smallest absolute Gasteiger partial charge is 0.224 e. The third kappa shape index (κ3) is 4.41. The largest absolute Gasteiger partial charge is 0.497 e. The molecule has 0 aliphatic carbocycles. The molecule has 128 valence electrons. The summed E-state index contributed by atoms with van der Waals surface area (Å²) in [6.45, 7) is 0.233. The van der Waals surface area contributed by atoms with Crippen molar-refractivity contribution in [1.82, 2.24) is 20.5 Å². The van der Waals surface area contributed by atoms with Gasteiger partial charge in [0.05, 0.1) is 20.1 Å². The molecule has 0 fully saturated rings. The number of amides is 1. The average molecular weight is 340 g/mol. The van der Waals surface area contributed by atoms with Crippen LogP contribution in [0, 0.1) is 5.82 Å². The Morgan fingerprint density at radius 3 is 2.80 bits per heavy atom. The predicted octanol–water partition coefficient (Wildman–Crippen LogP) is 2.48. The lowest BCUT2D eigenvalue weighted by Crippen LogP contribution is -2.25. The summed E-state index contributed by atoms with van der Waals surface area (Å²) in [6.07, 6.45) is 0.246. The highest BCUT2D eigenvalue weighted by Gasteiger charge is 2.08. The molecule has 0 saturated carbocycles. The van der Waals surface area contributed by atoms with Crippen molar-refractivity contribution in [3.63, 3.8) is 0 Å². The minimum Gasteiger partial charge on any atom is -0.497 e. The van der Waals surface area contributed by atoms with Crippen LogP contribution >= 0.6 is 0 Å². The Balaban J connectivity index is 1.56. The van der Waals surface area contributed by atoms with Crippen LogP contribution in [0.3, 0.4) is 0 Å². The summed E-state index contributed by atoms with van der Waals surface area (Å²) in [5.41, 5.74) is 1.56. The third-order valence-corrected chi connectivity index (χ3v) is 3.59. The number of halogens is 1. The van der Waals surface area contributed by atoms with Crippen LogP contribution in [0.15, 0.2) is 48.5 Å². The molecular formula is C18H17FN4O2. The van der Waals surface area contributed by atoms with Gasteiger partial charge in [-0.15, -0.1) is 0 Å². The van der Waals surface area contributed by atoms with Gasteiger partial charge in [-0.25, -0.2) is 9.37 Å². The van der Waals surface area contributed by atoms with Crippen molar-refractivity contribution >= 4 is 5.91 Å².